The first-order valence-electron chi connectivity index (χ1n) is 6.71. The van der Waals surface area contributed by atoms with Crippen molar-refractivity contribution >= 4 is 5.91 Å². The third-order valence-corrected chi connectivity index (χ3v) is 3.52. The Morgan fingerprint density at radius 1 is 1.61 bits per heavy atom. The Hall–Kier alpha value is -1.36. The molecule has 1 amide bonds. The summed E-state index contributed by atoms with van der Waals surface area (Å²) in [6.07, 6.45) is 8.06. The SMILES string of the molecule is CC1CCCC(NC(=O)c2cn(CCN)cn2)C1. The average molecular weight is 250 g/mol. The lowest BCUT2D eigenvalue weighted by molar-refractivity contribution is 0.0916. The Balaban J connectivity index is 1.90. The van der Waals surface area contributed by atoms with Crippen LogP contribution < -0.4 is 11.1 Å². The van der Waals surface area contributed by atoms with E-state index in [-0.39, 0.29) is 5.91 Å². The van der Waals surface area contributed by atoms with Crippen molar-refractivity contribution in [2.75, 3.05) is 6.54 Å². The molecule has 1 aliphatic rings. The smallest absolute Gasteiger partial charge is 0.271 e. The van der Waals surface area contributed by atoms with Gasteiger partial charge in [-0.3, -0.25) is 4.79 Å². The molecule has 1 fully saturated rings. The Labute approximate surface area is 108 Å². The minimum absolute atomic E-state index is 0.0649. The van der Waals surface area contributed by atoms with Gasteiger partial charge in [-0.25, -0.2) is 4.98 Å². The highest BCUT2D eigenvalue weighted by molar-refractivity contribution is 5.92. The minimum atomic E-state index is -0.0649. The molecule has 1 aromatic heterocycles. The van der Waals surface area contributed by atoms with Crippen LogP contribution >= 0.6 is 0 Å². The Morgan fingerprint density at radius 2 is 2.44 bits per heavy atom. The molecule has 5 nitrogen and oxygen atoms in total. The summed E-state index contributed by atoms with van der Waals surface area (Å²) in [5.41, 5.74) is 5.95. The zero-order valence-corrected chi connectivity index (χ0v) is 10.9. The molecule has 0 radical (unpaired) electrons. The van der Waals surface area contributed by atoms with Crippen molar-refractivity contribution in [3.8, 4) is 0 Å². The van der Waals surface area contributed by atoms with Crippen LogP contribution in [0.25, 0.3) is 0 Å². The lowest BCUT2D eigenvalue weighted by Crippen LogP contribution is -2.38. The molecule has 0 bridgehead atoms. The maximum Gasteiger partial charge on any atom is 0.271 e. The highest BCUT2D eigenvalue weighted by atomic mass is 16.2. The summed E-state index contributed by atoms with van der Waals surface area (Å²) < 4.78 is 1.85. The number of carbonyl (C=O) groups is 1. The molecule has 1 aromatic rings. The van der Waals surface area contributed by atoms with Crippen LogP contribution in [0.4, 0.5) is 0 Å². The standard InChI is InChI=1S/C13H22N4O/c1-10-3-2-4-11(7-10)16-13(18)12-8-17(6-5-14)9-15-12/h8-11H,2-7,14H2,1H3,(H,16,18). The van der Waals surface area contributed by atoms with Crippen LogP contribution in [0.1, 0.15) is 43.1 Å². The topological polar surface area (TPSA) is 72.9 Å². The fraction of sp³-hybridized carbons (Fsp3) is 0.692. The lowest BCUT2D eigenvalue weighted by atomic mass is 9.87. The van der Waals surface area contributed by atoms with E-state index in [2.05, 4.69) is 17.2 Å². The summed E-state index contributed by atoms with van der Waals surface area (Å²) in [6.45, 7) is 3.49. The van der Waals surface area contributed by atoms with Crippen LogP contribution in [0, 0.1) is 5.92 Å². The van der Waals surface area contributed by atoms with Gasteiger partial charge >= 0.3 is 0 Å². The second-order valence-corrected chi connectivity index (χ2v) is 5.23. The van der Waals surface area contributed by atoms with Gasteiger partial charge in [-0.2, -0.15) is 0 Å². The van der Waals surface area contributed by atoms with E-state index in [1.807, 2.05) is 4.57 Å². The minimum Gasteiger partial charge on any atom is -0.348 e. The molecule has 2 atom stereocenters. The average Bonchev–Trinajstić information content (AvgIpc) is 2.78. The summed E-state index contributed by atoms with van der Waals surface area (Å²) in [4.78, 5) is 16.1. The maximum absolute atomic E-state index is 12.0. The van der Waals surface area contributed by atoms with E-state index in [0.717, 1.165) is 12.8 Å². The number of nitrogens with one attached hydrogen (secondary N) is 1. The number of nitrogens with two attached hydrogens (primary N) is 1. The third kappa shape index (κ3) is 3.32. The van der Waals surface area contributed by atoms with Crippen LogP contribution in [0.3, 0.4) is 0 Å². The molecule has 0 aliphatic heterocycles. The fourth-order valence-corrected chi connectivity index (χ4v) is 2.57. The van der Waals surface area contributed by atoms with Crippen molar-refractivity contribution in [2.24, 2.45) is 11.7 Å². The van der Waals surface area contributed by atoms with Crippen LogP contribution in [-0.2, 0) is 6.54 Å². The van der Waals surface area contributed by atoms with Crippen LogP contribution in [0.15, 0.2) is 12.5 Å². The Kier molecular flexibility index (Phi) is 4.36. The fourth-order valence-electron chi connectivity index (χ4n) is 2.57. The molecule has 18 heavy (non-hydrogen) atoms. The summed E-state index contributed by atoms with van der Waals surface area (Å²) in [5.74, 6) is 0.642. The molecule has 0 saturated heterocycles. The highest BCUT2D eigenvalue weighted by Gasteiger charge is 2.21. The molecule has 2 unspecified atom stereocenters. The van der Waals surface area contributed by atoms with E-state index in [1.54, 1.807) is 12.5 Å². The monoisotopic (exact) mass is 250 g/mol. The molecular formula is C13H22N4O. The predicted molar refractivity (Wildman–Crippen MR) is 70.2 cm³/mol. The molecule has 1 aliphatic carbocycles. The molecule has 3 N–H and O–H groups in total. The summed E-state index contributed by atoms with van der Waals surface area (Å²) in [6, 6.07) is 0.306. The highest BCUT2D eigenvalue weighted by Crippen LogP contribution is 2.23. The van der Waals surface area contributed by atoms with Gasteiger partial charge in [0.15, 0.2) is 0 Å². The van der Waals surface area contributed by atoms with Crippen molar-refractivity contribution in [1.29, 1.82) is 0 Å². The zero-order chi connectivity index (χ0) is 13.0. The number of amides is 1. The Morgan fingerprint density at radius 3 is 3.17 bits per heavy atom. The largest absolute Gasteiger partial charge is 0.348 e. The first-order valence-corrected chi connectivity index (χ1v) is 6.71. The Bertz CT molecular complexity index is 401. The van der Waals surface area contributed by atoms with E-state index < -0.39 is 0 Å². The van der Waals surface area contributed by atoms with Gasteiger partial charge < -0.3 is 15.6 Å². The van der Waals surface area contributed by atoms with E-state index in [9.17, 15) is 4.79 Å². The number of hydrogen-bond donors (Lipinski definition) is 2. The number of rotatable bonds is 4. The normalized spacial score (nSPS) is 23.9. The second-order valence-electron chi connectivity index (χ2n) is 5.23. The van der Waals surface area contributed by atoms with Crippen LogP contribution in [-0.4, -0.2) is 28.0 Å². The summed E-state index contributed by atoms with van der Waals surface area (Å²) in [5, 5.41) is 3.07. The number of aromatic nitrogens is 2. The van der Waals surface area contributed by atoms with Crippen molar-refractivity contribution in [2.45, 2.75) is 45.2 Å². The summed E-state index contributed by atoms with van der Waals surface area (Å²) >= 11 is 0. The first-order chi connectivity index (χ1) is 8.69. The van der Waals surface area contributed by atoms with E-state index in [0.29, 0.717) is 30.7 Å². The second kappa shape index (κ2) is 6.00. The first kappa shape index (κ1) is 13.1. The molecule has 5 heteroatoms. The quantitative estimate of drug-likeness (QED) is 0.842. The predicted octanol–water partition coefficient (Wildman–Crippen LogP) is 1.15. The summed E-state index contributed by atoms with van der Waals surface area (Å²) in [7, 11) is 0. The maximum atomic E-state index is 12.0. The van der Waals surface area contributed by atoms with Crippen LogP contribution in [0.5, 0.6) is 0 Å². The van der Waals surface area contributed by atoms with Crippen molar-refractivity contribution in [1.82, 2.24) is 14.9 Å². The third-order valence-electron chi connectivity index (χ3n) is 3.52. The van der Waals surface area contributed by atoms with Gasteiger partial charge in [-0.1, -0.05) is 19.8 Å². The zero-order valence-electron chi connectivity index (χ0n) is 10.9. The van der Waals surface area contributed by atoms with Crippen molar-refractivity contribution in [3.63, 3.8) is 0 Å². The number of hydrogen-bond acceptors (Lipinski definition) is 3. The van der Waals surface area contributed by atoms with E-state index in [1.165, 1.54) is 12.8 Å². The van der Waals surface area contributed by atoms with Gasteiger partial charge in [0.05, 0.1) is 6.33 Å². The van der Waals surface area contributed by atoms with E-state index in [4.69, 9.17) is 5.73 Å². The van der Waals surface area contributed by atoms with Crippen molar-refractivity contribution in [3.05, 3.63) is 18.2 Å². The molecule has 100 valence electrons. The molecule has 0 aromatic carbocycles. The molecular weight excluding hydrogens is 228 g/mol. The molecule has 0 spiro atoms. The van der Waals surface area contributed by atoms with E-state index >= 15 is 0 Å². The molecule has 1 heterocycles. The number of imidazole rings is 1. The number of carbonyl (C=O) groups excluding carboxylic acids is 1. The van der Waals surface area contributed by atoms with Gasteiger partial charge in [-0.15, -0.1) is 0 Å². The lowest BCUT2D eigenvalue weighted by Gasteiger charge is -2.27. The van der Waals surface area contributed by atoms with Crippen molar-refractivity contribution < 1.29 is 4.79 Å². The van der Waals surface area contributed by atoms with Crippen LogP contribution in [0.2, 0.25) is 0 Å². The molecule has 2 rings (SSSR count). The molecule has 1 saturated carbocycles. The van der Waals surface area contributed by atoms with Gasteiger partial charge in [0.1, 0.15) is 5.69 Å². The van der Waals surface area contributed by atoms with Gasteiger partial charge in [0.25, 0.3) is 5.91 Å². The van der Waals surface area contributed by atoms with Gasteiger partial charge in [0, 0.05) is 25.3 Å². The number of nitrogens with zero attached hydrogens (tertiary/aromatic N) is 2. The van der Waals surface area contributed by atoms with Gasteiger partial charge in [0.2, 0.25) is 0 Å². The van der Waals surface area contributed by atoms with Gasteiger partial charge in [-0.05, 0) is 18.8 Å².